The van der Waals surface area contributed by atoms with E-state index in [-0.39, 0.29) is 11.9 Å². The molecule has 0 spiro atoms. The van der Waals surface area contributed by atoms with Crippen molar-refractivity contribution < 1.29 is 17.5 Å². The van der Waals surface area contributed by atoms with E-state index in [0.29, 0.717) is 13.1 Å². The van der Waals surface area contributed by atoms with Crippen LogP contribution in [0.25, 0.3) is 0 Å². The van der Waals surface area contributed by atoms with Crippen LogP contribution >= 0.6 is 0 Å². The largest absolute Gasteiger partial charge is 0.759 e. The molecule has 0 amide bonds. The maximum Gasteiger partial charge on any atom is 0.186 e. The van der Waals surface area contributed by atoms with Crippen molar-refractivity contribution in [1.82, 2.24) is 0 Å². The smallest absolute Gasteiger partial charge is 0.186 e. The van der Waals surface area contributed by atoms with Crippen molar-refractivity contribution in [2.75, 3.05) is 0 Å². The molecule has 0 bridgehead atoms. The van der Waals surface area contributed by atoms with Gasteiger partial charge in [-0.1, -0.05) is 60.7 Å². The molecular weight excluding hydrogens is 372 g/mol. The van der Waals surface area contributed by atoms with E-state index < -0.39 is 10.4 Å². The van der Waals surface area contributed by atoms with Crippen LogP contribution in [0.15, 0.2) is 70.6 Å². The van der Waals surface area contributed by atoms with Gasteiger partial charge in [0.2, 0.25) is 0 Å². The lowest BCUT2D eigenvalue weighted by atomic mass is 10.2. The van der Waals surface area contributed by atoms with Crippen molar-refractivity contribution >= 4 is 22.3 Å². The summed E-state index contributed by atoms with van der Waals surface area (Å²) in [6.07, 6.45) is 0. The molecule has 0 atom stereocenters. The molecule has 0 heterocycles. The molecular formula is C16H22N6O4S-2. The fourth-order valence-corrected chi connectivity index (χ4v) is 1.53. The highest BCUT2D eigenvalue weighted by Crippen LogP contribution is 1.99. The van der Waals surface area contributed by atoms with Gasteiger partial charge in [-0.15, -0.1) is 0 Å². The van der Waals surface area contributed by atoms with E-state index in [1.165, 1.54) is 0 Å². The van der Waals surface area contributed by atoms with Crippen LogP contribution in [0, 0.1) is 0 Å². The molecule has 27 heavy (non-hydrogen) atoms. The predicted octanol–water partition coefficient (Wildman–Crippen LogP) is -0.418. The number of benzene rings is 2. The predicted molar refractivity (Wildman–Crippen MR) is 102 cm³/mol. The second-order valence-corrected chi connectivity index (χ2v) is 5.68. The van der Waals surface area contributed by atoms with Gasteiger partial charge < -0.3 is 32.0 Å². The van der Waals surface area contributed by atoms with E-state index in [4.69, 9.17) is 40.5 Å². The average molecular weight is 394 g/mol. The molecule has 148 valence electrons. The molecule has 2 aromatic carbocycles. The van der Waals surface area contributed by atoms with Gasteiger partial charge in [0, 0.05) is 10.4 Å². The van der Waals surface area contributed by atoms with E-state index in [1.54, 1.807) is 0 Å². The molecule has 11 heteroatoms. The summed E-state index contributed by atoms with van der Waals surface area (Å²) in [6.45, 7) is 1.12. The van der Waals surface area contributed by atoms with Crippen LogP contribution in [0.2, 0.25) is 0 Å². The molecule has 0 aromatic heterocycles. The fraction of sp³-hybridized carbons (Fsp3) is 0.125. The Kier molecular flexibility index (Phi) is 11.6. The lowest BCUT2D eigenvalue weighted by molar-refractivity contribution is 0.352. The van der Waals surface area contributed by atoms with Crippen molar-refractivity contribution in [3.63, 3.8) is 0 Å². The molecule has 10 nitrogen and oxygen atoms in total. The fourth-order valence-electron chi connectivity index (χ4n) is 1.53. The number of hydrogen-bond donors (Lipinski definition) is 4. The van der Waals surface area contributed by atoms with E-state index in [0.717, 1.165) is 11.1 Å². The van der Waals surface area contributed by atoms with Gasteiger partial charge in [-0.3, -0.25) is 8.42 Å². The highest BCUT2D eigenvalue weighted by molar-refractivity contribution is 7.79. The molecule has 0 fully saturated rings. The van der Waals surface area contributed by atoms with Gasteiger partial charge >= 0.3 is 0 Å². The van der Waals surface area contributed by atoms with E-state index in [1.807, 2.05) is 60.7 Å². The number of hydrogen-bond acceptors (Lipinski definition) is 6. The van der Waals surface area contributed by atoms with Crippen LogP contribution in [0.3, 0.4) is 0 Å². The zero-order valence-electron chi connectivity index (χ0n) is 14.4. The average Bonchev–Trinajstić information content (AvgIpc) is 2.59. The zero-order chi connectivity index (χ0) is 20.7. The number of aliphatic imine (C=N–C) groups is 2. The monoisotopic (exact) mass is 394 g/mol. The topological polar surface area (TPSA) is 209 Å². The van der Waals surface area contributed by atoms with Crippen LogP contribution in [0.5, 0.6) is 0 Å². The molecule has 8 N–H and O–H groups in total. The molecule has 2 aromatic rings. The summed E-state index contributed by atoms with van der Waals surface area (Å²) in [4.78, 5) is 7.73. The van der Waals surface area contributed by atoms with Gasteiger partial charge in [0.1, 0.15) is 0 Å². The molecule has 0 aliphatic carbocycles. The van der Waals surface area contributed by atoms with Gasteiger partial charge in [0.05, 0.1) is 13.1 Å². The lowest BCUT2D eigenvalue weighted by Crippen LogP contribution is -2.22. The van der Waals surface area contributed by atoms with Gasteiger partial charge in [0.25, 0.3) is 0 Å². The van der Waals surface area contributed by atoms with E-state index in [9.17, 15) is 0 Å². The lowest BCUT2D eigenvalue weighted by Gasteiger charge is -2.06. The Morgan fingerprint density at radius 1 is 0.704 bits per heavy atom. The van der Waals surface area contributed by atoms with Crippen LogP contribution in [-0.2, 0) is 23.5 Å². The van der Waals surface area contributed by atoms with Crippen molar-refractivity contribution in [3.05, 3.63) is 71.8 Å². The molecule has 0 aliphatic rings. The first kappa shape index (κ1) is 23.9. The van der Waals surface area contributed by atoms with Crippen molar-refractivity contribution in [3.8, 4) is 0 Å². The minimum absolute atomic E-state index is 0.133. The minimum Gasteiger partial charge on any atom is -0.759 e. The SMILES string of the molecule is NC(N)=NCc1ccccc1.NC(N)=NCc1ccccc1.O=S(=O)([O-])[O-]. The van der Waals surface area contributed by atoms with Crippen molar-refractivity contribution in [2.45, 2.75) is 13.1 Å². The van der Waals surface area contributed by atoms with Gasteiger partial charge in [-0.05, 0) is 11.1 Å². The van der Waals surface area contributed by atoms with Crippen molar-refractivity contribution in [2.24, 2.45) is 32.9 Å². The molecule has 0 aliphatic heterocycles. The Labute approximate surface area is 158 Å². The van der Waals surface area contributed by atoms with Gasteiger partial charge in [-0.2, -0.15) is 0 Å². The first-order valence-electron chi connectivity index (χ1n) is 7.43. The Morgan fingerprint density at radius 2 is 0.963 bits per heavy atom. The number of guanidine groups is 2. The molecule has 0 saturated carbocycles. The maximum absolute atomic E-state index is 8.52. The third-order valence-corrected chi connectivity index (χ3v) is 2.57. The van der Waals surface area contributed by atoms with Gasteiger partial charge in [0.15, 0.2) is 11.9 Å². The second-order valence-electron chi connectivity index (χ2n) is 4.86. The molecule has 0 radical (unpaired) electrons. The molecule has 0 saturated heterocycles. The van der Waals surface area contributed by atoms with Crippen molar-refractivity contribution in [1.29, 1.82) is 0 Å². The summed E-state index contributed by atoms with van der Waals surface area (Å²) in [7, 11) is -5.17. The summed E-state index contributed by atoms with van der Waals surface area (Å²) in [5, 5.41) is 0. The van der Waals surface area contributed by atoms with E-state index >= 15 is 0 Å². The Hall–Kier alpha value is -3.15. The van der Waals surface area contributed by atoms with Crippen LogP contribution in [0.1, 0.15) is 11.1 Å². The third kappa shape index (κ3) is 19.0. The van der Waals surface area contributed by atoms with Gasteiger partial charge in [-0.25, -0.2) is 9.98 Å². The quantitative estimate of drug-likeness (QED) is 0.231. The number of nitrogens with two attached hydrogens (primary N) is 4. The first-order chi connectivity index (χ1) is 12.6. The normalized spacial score (nSPS) is 9.56. The number of nitrogens with zero attached hydrogens (tertiary/aromatic N) is 2. The summed E-state index contributed by atoms with van der Waals surface area (Å²) < 4.78 is 34.1. The molecule has 2 rings (SSSR count). The summed E-state index contributed by atoms with van der Waals surface area (Å²) in [5.74, 6) is 0.266. The standard InChI is InChI=1S/2C8H11N3.H2O4S/c2*9-8(10)11-6-7-4-2-1-3-5-7;1-5(2,3)4/h2*1-5H,6H2,(H4,9,10,11);(H2,1,2,3,4)/p-2. The number of rotatable bonds is 4. The Morgan fingerprint density at radius 3 is 1.19 bits per heavy atom. The summed E-state index contributed by atoms with van der Waals surface area (Å²) in [5.41, 5.74) is 22.9. The summed E-state index contributed by atoms with van der Waals surface area (Å²) >= 11 is 0. The van der Waals surface area contributed by atoms with Crippen LogP contribution in [-0.4, -0.2) is 29.4 Å². The zero-order valence-corrected chi connectivity index (χ0v) is 15.2. The molecule has 0 unspecified atom stereocenters. The maximum atomic E-state index is 8.52. The highest BCUT2D eigenvalue weighted by Gasteiger charge is 1.87. The Balaban J connectivity index is 0.000000405. The second kappa shape index (κ2) is 13.1. The first-order valence-corrected chi connectivity index (χ1v) is 8.76. The van der Waals surface area contributed by atoms with Crippen LogP contribution in [0.4, 0.5) is 0 Å². The van der Waals surface area contributed by atoms with Crippen LogP contribution < -0.4 is 22.9 Å². The minimum atomic E-state index is -5.17. The Bertz CT molecular complexity index is 740. The third-order valence-electron chi connectivity index (χ3n) is 2.57. The highest BCUT2D eigenvalue weighted by atomic mass is 32.3. The summed E-state index contributed by atoms with van der Waals surface area (Å²) in [6, 6.07) is 19.7. The van der Waals surface area contributed by atoms with E-state index in [2.05, 4.69) is 9.98 Å².